The van der Waals surface area contributed by atoms with Gasteiger partial charge in [0, 0.05) is 26.1 Å². The van der Waals surface area contributed by atoms with Gasteiger partial charge in [0.2, 0.25) is 0 Å². The average molecular weight is 295 g/mol. The van der Waals surface area contributed by atoms with Crippen LogP contribution in [0.15, 0.2) is 6.33 Å². The highest BCUT2D eigenvalue weighted by Gasteiger charge is 2.21. The summed E-state index contributed by atoms with van der Waals surface area (Å²) in [5, 5.41) is 19.2. The SMILES string of the molecule is O=C(O)CCCCCCNC(=O)N1CCn2cnnc2C1. The van der Waals surface area contributed by atoms with Gasteiger partial charge in [-0.15, -0.1) is 10.2 Å². The second-order valence-corrected chi connectivity index (χ2v) is 5.15. The molecule has 0 atom stereocenters. The number of aromatic nitrogens is 3. The number of hydrogen-bond donors (Lipinski definition) is 2. The molecule has 1 aromatic rings. The van der Waals surface area contributed by atoms with Gasteiger partial charge in [-0.3, -0.25) is 4.79 Å². The summed E-state index contributed by atoms with van der Waals surface area (Å²) < 4.78 is 1.95. The number of carboxylic acids is 1. The van der Waals surface area contributed by atoms with Crippen molar-refractivity contribution in [2.24, 2.45) is 0 Å². The summed E-state index contributed by atoms with van der Waals surface area (Å²) in [6.07, 6.45) is 5.29. The molecule has 0 radical (unpaired) electrons. The van der Waals surface area contributed by atoms with Crippen molar-refractivity contribution in [2.75, 3.05) is 13.1 Å². The van der Waals surface area contributed by atoms with Gasteiger partial charge >= 0.3 is 12.0 Å². The molecule has 1 aliphatic heterocycles. The molecule has 2 N–H and O–H groups in total. The van der Waals surface area contributed by atoms with Gasteiger partial charge in [0.15, 0.2) is 5.82 Å². The molecule has 1 aliphatic rings. The summed E-state index contributed by atoms with van der Waals surface area (Å²) in [4.78, 5) is 24.1. The Morgan fingerprint density at radius 2 is 2.05 bits per heavy atom. The monoisotopic (exact) mass is 295 g/mol. The number of nitrogens with zero attached hydrogens (tertiary/aromatic N) is 4. The van der Waals surface area contributed by atoms with Crippen molar-refractivity contribution < 1.29 is 14.7 Å². The summed E-state index contributed by atoms with van der Waals surface area (Å²) in [5.74, 6) is 0.0614. The Hall–Kier alpha value is -2.12. The third-order valence-corrected chi connectivity index (χ3v) is 3.52. The summed E-state index contributed by atoms with van der Waals surface area (Å²) in [7, 11) is 0. The number of amides is 2. The van der Waals surface area contributed by atoms with Gasteiger partial charge in [0.1, 0.15) is 6.33 Å². The zero-order valence-electron chi connectivity index (χ0n) is 12.0. The smallest absolute Gasteiger partial charge is 0.317 e. The highest BCUT2D eigenvalue weighted by molar-refractivity contribution is 5.74. The van der Waals surface area contributed by atoms with E-state index in [4.69, 9.17) is 5.11 Å². The van der Waals surface area contributed by atoms with E-state index in [2.05, 4.69) is 15.5 Å². The van der Waals surface area contributed by atoms with Crippen LogP contribution >= 0.6 is 0 Å². The Bertz CT molecular complexity index is 488. The zero-order chi connectivity index (χ0) is 15.1. The van der Waals surface area contributed by atoms with E-state index in [9.17, 15) is 9.59 Å². The Labute approximate surface area is 123 Å². The van der Waals surface area contributed by atoms with Crippen molar-refractivity contribution in [3.05, 3.63) is 12.2 Å². The normalized spacial score (nSPS) is 13.8. The maximum Gasteiger partial charge on any atom is 0.317 e. The highest BCUT2D eigenvalue weighted by Crippen LogP contribution is 2.09. The van der Waals surface area contributed by atoms with Crippen molar-refractivity contribution in [2.45, 2.75) is 45.2 Å². The molecule has 0 spiro atoms. The van der Waals surface area contributed by atoms with Crippen LogP contribution in [-0.4, -0.2) is 49.9 Å². The van der Waals surface area contributed by atoms with Crippen LogP contribution < -0.4 is 5.32 Å². The molecule has 0 saturated heterocycles. The first-order valence-corrected chi connectivity index (χ1v) is 7.28. The molecule has 0 saturated carbocycles. The van der Waals surface area contributed by atoms with Gasteiger partial charge in [-0.1, -0.05) is 12.8 Å². The maximum absolute atomic E-state index is 12.0. The molecule has 8 nitrogen and oxygen atoms in total. The third kappa shape index (κ3) is 4.73. The van der Waals surface area contributed by atoms with Crippen LogP contribution in [0.2, 0.25) is 0 Å². The van der Waals surface area contributed by atoms with Crippen LogP contribution in [0.4, 0.5) is 4.79 Å². The summed E-state index contributed by atoms with van der Waals surface area (Å²) in [6.45, 7) is 2.50. The number of rotatable bonds is 7. The Morgan fingerprint density at radius 3 is 2.86 bits per heavy atom. The molecule has 1 aromatic heterocycles. The first-order chi connectivity index (χ1) is 10.2. The molecule has 116 valence electrons. The number of urea groups is 1. The number of hydrogen-bond acceptors (Lipinski definition) is 4. The third-order valence-electron chi connectivity index (χ3n) is 3.52. The lowest BCUT2D eigenvalue weighted by atomic mass is 10.1. The van der Waals surface area contributed by atoms with E-state index in [0.29, 0.717) is 26.1 Å². The fourth-order valence-corrected chi connectivity index (χ4v) is 2.30. The van der Waals surface area contributed by atoms with Crippen molar-refractivity contribution >= 4 is 12.0 Å². The number of carbonyl (C=O) groups excluding carboxylic acids is 1. The van der Waals surface area contributed by atoms with E-state index < -0.39 is 5.97 Å². The van der Waals surface area contributed by atoms with Crippen LogP contribution in [0.1, 0.15) is 37.9 Å². The molecular formula is C13H21N5O3. The predicted octanol–water partition coefficient (Wildman–Crippen LogP) is 0.838. The maximum atomic E-state index is 12.0. The molecule has 0 aliphatic carbocycles. The van der Waals surface area contributed by atoms with Gasteiger partial charge in [-0.05, 0) is 12.8 Å². The Kier molecular flexibility index (Phi) is 5.53. The zero-order valence-corrected chi connectivity index (χ0v) is 12.0. The molecule has 2 rings (SSSR count). The van der Waals surface area contributed by atoms with Gasteiger partial charge < -0.3 is 19.9 Å². The summed E-state index contributed by atoms with van der Waals surface area (Å²) in [5.41, 5.74) is 0. The molecule has 0 unspecified atom stereocenters. The topological polar surface area (TPSA) is 100 Å². The van der Waals surface area contributed by atoms with E-state index in [1.165, 1.54) is 0 Å². The van der Waals surface area contributed by atoms with Gasteiger partial charge in [0.05, 0.1) is 6.54 Å². The molecule has 0 bridgehead atoms. The second-order valence-electron chi connectivity index (χ2n) is 5.15. The van der Waals surface area contributed by atoms with Crippen molar-refractivity contribution in [3.8, 4) is 0 Å². The number of carboxylic acid groups (broad SMARTS) is 1. The first kappa shape index (κ1) is 15.3. The van der Waals surface area contributed by atoms with Gasteiger partial charge in [-0.25, -0.2) is 4.79 Å². The molecule has 2 heterocycles. The fourth-order valence-electron chi connectivity index (χ4n) is 2.30. The summed E-state index contributed by atoms with van der Waals surface area (Å²) >= 11 is 0. The number of fused-ring (bicyclic) bond motifs is 1. The minimum absolute atomic E-state index is 0.0743. The minimum Gasteiger partial charge on any atom is -0.481 e. The van der Waals surface area contributed by atoms with E-state index in [-0.39, 0.29) is 12.5 Å². The highest BCUT2D eigenvalue weighted by atomic mass is 16.4. The number of unbranched alkanes of at least 4 members (excludes halogenated alkanes) is 3. The average Bonchev–Trinajstić information content (AvgIpc) is 2.93. The van der Waals surface area contributed by atoms with E-state index in [1.54, 1.807) is 11.2 Å². The van der Waals surface area contributed by atoms with E-state index in [1.807, 2.05) is 4.57 Å². The van der Waals surface area contributed by atoms with Crippen molar-refractivity contribution in [1.82, 2.24) is 25.0 Å². The Morgan fingerprint density at radius 1 is 1.24 bits per heavy atom. The van der Waals surface area contributed by atoms with Crippen LogP contribution in [0.25, 0.3) is 0 Å². The standard InChI is InChI=1S/C13H21N5O3/c19-12(20)5-3-1-2-4-6-14-13(21)17-7-8-18-10-15-16-11(18)9-17/h10H,1-9H2,(H,14,21)(H,19,20). The molecule has 2 amide bonds. The number of aliphatic carboxylic acids is 1. The lowest BCUT2D eigenvalue weighted by Gasteiger charge is -2.27. The Balaban J connectivity index is 1.57. The van der Waals surface area contributed by atoms with E-state index in [0.717, 1.165) is 31.6 Å². The van der Waals surface area contributed by atoms with Crippen molar-refractivity contribution in [1.29, 1.82) is 0 Å². The predicted molar refractivity (Wildman–Crippen MR) is 74.6 cm³/mol. The second kappa shape index (κ2) is 7.61. The minimum atomic E-state index is -0.749. The molecule has 0 aromatic carbocycles. The molecule has 21 heavy (non-hydrogen) atoms. The summed E-state index contributed by atoms with van der Waals surface area (Å²) in [6, 6.07) is -0.0743. The molecule has 8 heteroatoms. The van der Waals surface area contributed by atoms with E-state index >= 15 is 0 Å². The van der Waals surface area contributed by atoms with Crippen molar-refractivity contribution in [3.63, 3.8) is 0 Å². The van der Waals surface area contributed by atoms with Gasteiger partial charge in [-0.2, -0.15) is 0 Å². The largest absolute Gasteiger partial charge is 0.481 e. The van der Waals surface area contributed by atoms with Crippen LogP contribution in [0.3, 0.4) is 0 Å². The number of carbonyl (C=O) groups is 2. The lowest BCUT2D eigenvalue weighted by molar-refractivity contribution is -0.137. The lowest BCUT2D eigenvalue weighted by Crippen LogP contribution is -2.44. The number of nitrogens with one attached hydrogen (secondary N) is 1. The first-order valence-electron chi connectivity index (χ1n) is 7.28. The molecular weight excluding hydrogens is 274 g/mol. The van der Waals surface area contributed by atoms with Crippen LogP contribution in [-0.2, 0) is 17.9 Å². The van der Waals surface area contributed by atoms with Crippen LogP contribution in [0.5, 0.6) is 0 Å². The van der Waals surface area contributed by atoms with Crippen LogP contribution in [0, 0.1) is 0 Å². The molecule has 0 fully saturated rings. The fraction of sp³-hybridized carbons (Fsp3) is 0.692. The quantitative estimate of drug-likeness (QED) is 0.726. The van der Waals surface area contributed by atoms with Gasteiger partial charge in [0.25, 0.3) is 0 Å².